The van der Waals surface area contributed by atoms with Crippen LogP contribution in [0.25, 0.3) is 0 Å². The van der Waals surface area contributed by atoms with Crippen molar-refractivity contribution in [3.63, 3.8) is 0 Å². The van der Waals surface area contributed by atoms with Gasteiger partial charge in [-0.2, -0.15) is 9.78 Å². The molecule has 9 nitrogen and oxygen atoms in total. The number of phenols is 1. The molecule has 0 aliphatic rings. The van der Waals surface area contributed by atoms with Crippen LogP contribution < -0.4 is 5.43 Å². The van der Waals surface area contributed by atoms with Crippen molar-refractivity contribution in [2.75, 3.05) is 0 Å². The van der Waals surface area contributed by atoms with E-state index >= 15 is 0 Å². The number of carbonyl (C=O) groups is 1. The van der Waals surface area contributed by atoms with E-state index in [1.807, 2.05) is 0 Å². The Morgan fingerprint density at radius 1 is 1.29 bits per heavy atom. The molecule has 3 rings (SSSR count). The van der Waals surface area contributed by atoms with Crippen LogP contribution in [0, 0.1) is 17.0 Å². The zero-order valence-corrected chi connectivity index (χ0v) is 14.9. The summed E-state index contributed by atoms with van der Waals surface area (Å²) in [4.78, 5) is 22.4. The number of benzene rings is 2. The van der Waals surface area contributed by atoms with E-state index in [1.165, 1.54) is 23.0 Å². The minimum Gasteiger partial charge on any atom is -0.507 e. The molecule has 0 unspecified atom stereocenters. The Kier molecular flexibility index (Phi) is 5.45. The summed E-state index contributed by atoms with van der Waals surface area (Å²) in [5, 5.41) is 28.2. The number of hydrogen-bond donors (Lipinski definition) is 2. The van der Waals surface area contributed by atoms with Crippen molar-refractivity contribution in [1.82, 2.24) is 15.2 Å². The lowest BCUT2D eigenvalue weighted by Crippen LogP contribution is -2.17. The molecule has 1 amide bonds. The molecule has 0 atom stereocenters. The van der Waals surface area contributed by atoms with Crippen LogP contribution in [0.15, 0.2) is 59.7 Å². The summed E-state index contributed by atoms with van der Waals surface area (Å²) in [6.07, 6.45) is 1.36. The molecule has 0 saturated heterocycles. The molecule has 3 aromatic rings. The van der Waals surface area contributed by atoms with Gasteiger partial charge < -0.3 is 15.2 Å². The third kappa shape index (κ3) is 4.39. The SMILES string of the molecule is Cc1cc([N+](=O)[O-])nn1Cc1ccc(C(=O)NN=Cc2ccccc2O)cc1. The van der Waals surface area contributed by atoms with Gasteiger partial charge in [-0.25, -0.2) is 5.43 Å². The number of aromatic nitrogens is 2. The number of aromatic hydroxyl groups is 1. The molecular weight excluding hydrogens is 362 g/mol. The monoisotopic (exact) mass is 379 g/mol. The Hall–Kier alpha value is -4.01. The van der Waals surface area contributed by atoms with E-state index in [-0.39, 0.29) is 11.6 Å². The van der Waals surface area contributed by atoms with E-state index in [4.69, 9.17) is 0 Å². The van der Waals surface area contributed by atoms with Crippen LogP contribution in [0.3, 0.4) is 0 Å². The van der Waals surface area contributed by atoms with Crippen molar-refractivity contribution in [1.29, 1.82) is 0 Å². The van der Waals surface area contributed by atoms with Crippen molar-refractivity contribution in [2.24, 2.45) is 5.10 Å². The summed E-state index contributed by atoms with van der Waals surface area (Å²) in [5.41, 5.74) is 4.80. The lowest BCUT2D eigenvalue weighted by atomic mass is 10.1. The third-order valence-electron chi connectivity index (χ3n) is 4.01. The van der Waals surface area contributed by atoms with Crippen molar-refractivity contribution in [2.45, 2.75) is 13.5 Å². The summed E-state index contributed by atoms with van der Waals surface area (Å²) in [5.74, 6) is -0.529. The molecule has 0 saturated carbocycles. The van der Waals surface area contributed by atoms with E-state index in [0.717, 1.165) is 5.56 Å². The second-order valence-corrected chi connectivity index (χ2v) is 6.01. The Bertz CT molecular complexity index is 1040. The van der Waals surface area contributed by atoms with Gasteiger partial charge in [-0.15, -0.1) is 0 Å². The number of carbonyl (C=O) groups excluding carboxylic acids is 1. The van der Waals surface area contributed by atoms with E-state index in [1.54, 1.807) is 49.4 Å². The number of nitrogens with one attached hydrogen (secondary N) is 1. The van der Waals surface area contributed by atoms with Crippen LogP contribution in [0.4, 0.5) is 5.82 Å². The van der Waals surface area contributed by atoms with Crippen LogP contribution in [-0.4, -0.2) is 31.9 Å². The van der Waals surface area contributed by atoms with Gasteiger partial charge in [0.15, 0.2) is 0 Å². The highest BCUT2D eigenvalue weighted by atomic mass is 16.6. The number of para-hydroxylation sites is 1. The van der Waals surface area contributed by atoms with Gasteiger partial charge in [-0.05, 0) is 41.7 Å². The average molecular weight is 379 g/mol. The first kappa shape index (κ1) is 18.8. The average Bonchev–Trinajstić information content (AvgIpc) is 3.04. The molecule has 0 aliphatic heterocycles. The summed E-state index contributed by atoms with van der Waals surface area (Å²) in [6, 6.07) is 14.8. The Balaban J connectivity index is 1.63. The molecule has 2 N–H and O–H groups in total. The Morgan fingerprint density at radius 2 is 2.00 bits per heavy atom. The van der Waals surface area contributed by atoms with Crippen molar-refractivity contribution >= 4 is 17.9 Å². The lowest BCUT2D eigenvalue weighted by molar-refractivity contribution is -0.389. The molecule has 0 spiro atoms. The lowest BCUT2D eigenvalue weighted by Gasteiger charge is -2.03. The molecule has 28 heavy (non-hydrogen) atoms. The molecule has 9 heteroatoms. The Morgan fingerprint density at radius 3 is 2.64 bits per heavy atom. The van der Waals surface area contributed by atoms with E-state index < -0.39 is 10.8 Å². The van der Waals surface area contributed by atoms with Crippen molar-refractivity contribution in [3.8, 4) is 5.75 Å². The number of hydrogen-bond acceptors (Lipinski definition) is 6. The minimum absolute atomic E-state index is 0.0685. The van der Waals surface area contributed by atoms with Gasteiger partial charge in [0.05, 0.1) is 29.6 Å². The normalized spacial score (nSPS) is 10.9. The zero-order valence-electron chi connectivity index (χ0n) is 14.9. The molecule has 2 aromatic carbocycles. The molecule has 0 radical (unpaired) electrons. The molecule has 142 valence electrons. The van der Waals surface area contributed by atoms with Gasteiger partial charge in [-0.3, -0.25) is 4.79 Å². The number of amides is 1. The fraction of sp³-hybridized carbons (Fsp3) is 0.105. The smallest absolute Gasteiger partial charge is 0.390 e. The number of nitro groups is 1. The molecule has 1 aromatic heterocycles. The fourth-order valence-electron chi connectivity index (χ4n) is 2.50. The van der Waals surface area contributed by atoms with Gasteiger partial charge in [0.25, 0.3) is 5.91 Å². The van der Waals surface area contributed by atoms with E-state index in [9.17, 15) is 20.0 Å². The maximum Gasteiger partial charge on any atom is 0.390 e. The van der Waals surface area contributed by atoms with Crippen LogP contribution in [0.2, 0.25) is 0 Å². The zero-order chi connectivity index (χ0) is 20.1. The maximum absolute atomic E-state index is 12.1. The molecule has 1 heterocycles. The van der Waals surface area contributed by atoms with Crippen molar-refractivity contribution in [3.05, 3.63) is 87.1 Å². The van der Waals surface area contributed by atoms with Crippen LogP contribution in [-0.2, 0) is 6.54 Å². The van der Waals surface area contributed by atoms with Gasteiger partial charge in [0.2, 0.25) is 0 Å². The summed E-state index contributed by atoms with van der Waals surface area (Å²) < 4.78 is 1.53. The highest BCUT2D eigenvalue weighted by Gasteiger charge is 2.15. The topological polar surface area (TPSA) is 123 Å². The van der Waals surface area contributed by atoms with E-state index in [2.05, 4.69) is 15.6 Å². The largest absolute Gasteiger partial charge is 0.507 e. The highest BCUT2D eigenvalue weighted by molar-refractivity contribution is 5.95. The molecule has 0 aliphatic carbocycles. The fourth-order valence-corrected chi connectivity index (χ4v) is 2.50. The van der Waals surface area contributed by atoms with Crippen LogP contribution >= 0.6 is 0 Å². The second-order valence-electron chi connectivity index (χ2n) is 6.01. The molecule has 0 bridgehead atoms. The summed E-state index contributed by atoms with van der Waals surface area (Å²) >= 11 is 0. The summed E-state index contributed by atoms with van der Waals surface area (Å²) in [6.45, 7) is 2.09. The first-order valence-corrected chi connectivity index (χ1v) is 8.33. The number of aryl methyl sites for hydroxylation is 1. The molecular formula is C19H17N5O4. The predicted octanol–water partition coefficient (Wildman–Crippen LogP) is 2.62. The first-order valence-electron chi connectivity index (χ1n) is 8.33. The standard InChI is InChI=1S/C19H17N5O4/c1-13-10-18(24(27)28)22-23(13)12-14-6-8-15(9-7-14)19(26)21-20-11-16-4-2-3-5-17(16)25/h2-11,25H,12H2,1H3,(H,21,26). The van der Waals surface area contributed by atoms with Crippen LogP contribution in [0.5, 0.6) is 5.75 Å². The summed E-state index contributed by atoms with van der Waals surface area (Å²) in [7, 11) is 0. The third-order valence-corrected chi connectivity index (χ3v) is 4.01. The van der Waals surface area contributed by atoms with Crippen molar-refractivity contribution < 1.29 is 14.8 Å². The van der Waals surface area contributed by atoms with Gasteiger partial charge in [0.1, 0.15) is 5.75 Å². The number of hydrazone groups is 1. The van der Waals surface area contributed by atoms with E-state index in [0.29, 0.717) is 23.4 Å². The number of rotatable bonds is 6. The number of phenolic OH excluding ortho intramolecular Hbond substituents is 1. The van der Waals surface area contributed by atoms with Gasteiger partial charge in [-0.1, -0.05) is 24.3 Å². The van der Waals surface area contributed by atoms with Crippen LogP contribution in [0.1, 0.15) is 27.2 Å². The minimum atomic E-state index is -0.535. The predicted molar refractivity (Wildman–Crippen MR) is 102 cm³/mol. The molecule has 0 fully saturated rings. The first-order chi connectivity index (χ1) is 13.4. The number of nitrogens with zero attached hydrogens (tertiary/aromatic N) is 4. The Labute approximate surface area is 160 Å². The maximum atomic E-state index is 12.1. The quantitative estimate of drug-likeness (QED) is 0.387. The van der Waals surface area contributed by atoms with Gasteiger partial charge in [0, 0.05) is 11.1 Å². The second kappa shape index (κ2) is 8.12. The highest BCUT2D eigenvalue weighted by Crippen LogP contribution is 2.14. The van der Waals surface area contributed by atoms with Gasteiger partial charge >= 0.3 is 5.82 Å².